The van der Waals surface area contributed by atoms with Crippen molar-refractivity contribution in [1.29, 1.82) is 0 Å². The number of hydrogen-bond acceptors (Lipinski definition) is 2. The summed E-state index contributed by atoms with van der Waals surface area (Å²) in [6.07, 6.45) is 6.31. The highest BCUT2D eigenvalue weighted by molar-refractivity contribution is 5.41. The van der Waals surface area contributed by atoms with E-state index in [2.05, 4.69) is 38.2 Å². The molecule has 4 heteroatoms. The Bertz CT molecular complexity index is 642. The molecule has 0 unspecified atom stereocenters. The van der Waals surface area contributed by atoms with Crippen molar-refractivity contribution in [2.45, 2.75) is 58.4 Å². The van der Waals surface area contributed by atoms with Crippen molar-refractivity contribution in [2.24, 2.45) is 0 Å². The third-order valence-corrected chi connectivity index (χ3v) is 3.76. The van der Waals surface area contributed by atoms with Gasteiger partial charge in [0, 0.05) is 11.2 Å². The number of nitrogens with zero attached hydrogens (tertiary/aromatic N) is 1. The largest absolute Gasteiger partial charge is 0.365 e. The molecule has 24 heavy (non-hydrogen) atoms. The van der Waals surface area contributed by atoms with Crippen LogP contribution in [0.3, 0.4) is 0 Å². The Balaban J connectivity index is 0.000000219. The molecule has 0 atom stereocenters. The molecule has 0 aliphatic heterocycles. The van der Waals surface area contributed by atoms with E-state index in [1.54, 1.807) is 0 Å². The van der Waals surface area contributed by atoms with Crippen LogP contribution < -0.4 is 5.32 Å². The lowest BCUT2D eigenvalue weighted by atomic mass is 10.1. The van der Waals surface area contributed by atoms with Gasteiger partial charge < -0.3 is 5.32 Å². The van der Waals surface area contributed by atoms with Gasteiger partial charge in [-0.3, -0.25) is 0 Å². The van der Waals surface area contributed by atoms with Crippen LogP contribution in [0.4, 0.5) is 14.6 Å². The van der Waals surface area contributed by atoms with Crippen LogP contribution in [0.1, 0.15) is 51.3 Å². The number of nitrogens with one attached hydrogen (secondary N) is 1. The minimum atomic E-state index is -0.799. The summed E-state index contributed by atoms with van der Waals surface area (Å²) in [5.41, 5.74) is 2.86. The van der Waals surface area contributed by atoms with Crippen molar-refractivity contribution in [2.75, 3.05) is 5.32 Å². The van der Waals surface area contributed by atoms with E-state index in [0.717, 1.165) is 24.4 Å². The lowest BCUT2D eigenvalue weighted by Gasteiger charge is -2.22. The first kappa shape index (κ1) is 18.4. The van der Waals surface area contributed by atoms with Crippen LogP contribution in [0.5, 0.6) is 0 Å². The Morgan fingerprint density at radius 3 is 2.08 bits per heavy atom. The standard InChI is InChI=1S/C14H22N2.C6H4F2/c1-14(2,3)16-13-10-9-11-7-5-4-6-8-12(11)15-13;7-5-3-1-2-4-6(5)8/h9-10H,4-8H2,1-3H3,(H,15,16);1-4H. The van der Waals surface area contributed by atoms with Gasteiger partial charge in [0.2, 0.25) is 0 Å². The molecule has 1 N–H and O–H groups in total. The number of halogens is 2. The van der Waals surface area contributed by atoms with Gasteiger partial charge in [-0.25, -0.2) is 13.8 Å². The quantitative estimate of drug-likeness (QED) is 0.695. The molecule has 1 aromatic carbocycles. The second-order valence-corrected chi connectivity index (χ2v) is 7.15. The number of rotatable bonds is 1. The van der Waals surface area contributed by atoms with E-state index in [1.807, 2.05) is 0 Å². The van der Waals surface area contributed by atoms with Crippen molar-refractivity contribution < 1.29 is 8.78 Å². The van der Waals surface area contributed by atoms with E-state index in [1.165, 1.54) is 49.1 Å². The zero-order valence-corrected chi connectivity index (χ0v) is 14.7. The number of fused-ring (bicyclic) bond motifs is 1. The summed E-state index contributed by atoms with van der Waals surface area (Å²) in [6, 6.07) is 9.42. The first-order valence-electron chi connectivity index (χ1n) is 8.52. The fourth-order valence-corrected chi connectivity index (χ4v) is 2.65. The fourth-order valence-electron chi connectivity index (χ4n) is 2.65. The second-order valence-electron chi connectivity index (χ2n) is 7.15. The van der Waals surface area contributed by atoms with Gasteiger partial charge in [0.25, 0.3) is 0 Å². The summed E-state index contributed by atoms with van der Waals surface area (Å²) in [5, 5.41) is 3.44. The van der Waals surface area contributed by atoms with E-state index in [4.69, 9.17) is 4.98 Å². The molecule has 2 aromatic rings. The second kappa shape index (κ2) is 8.22. The van der Waals surface area contributed by atoms with Gasteiger partial charge in [-0.2, -0.15) is 0 Å². The first-order valence-corrected chi connectivity index (χ1v) is 8.52. The Kier molecular flexibility index (Phi) is 6.29. The van der Waals surface area contributed by atoms with E-state index < -0.39 is 11.6 Å². The van der Waals surface area contributed by atoms with Crippen LogP contribution in [0.2, 0.25) is 0 Å². The van der Waals surface area contributed by atoms with Gasteiger partial charge in [0.1, 0.15) is 5.82 Å². The average Bonchev–Trinajstić information content (AvgIpc) is 2.74. The van der Waals surface area contributed by atoms with Crippen LogP contribution in [0.25, 0.3) is 0 Å². The normalized spacial score (nSPS) is 14.0. The maximum Gasteiger partial charge on any atom is 0.158 e. The molecule has 0 spiro atoms. The summed E-state index contributed by atoms with van der Waals surface area (Å²) in [7, 11) is 0. The van der Waals surface area contributed by atoms with Crippen molar-refractivity contribution in [1.82, 2.24) is 4.98 Å². The van der Waals surface area contributed by atoms with Gasteiger partial charge in [-0.15, -0.1) is 0 Å². The molecular formula is C20H26F2N2. The third-order valence-electron chi connectivity index (χ3n) is 3.76. The zero-order valence-electron chi connectivity index (χ0n) is 14.7. The minimum absolute atomic E-state index is 0.0893. The Morgan fingerprint density at radius 2 is 1.50 bits per heavy atom. The molecule has 2 nitrogen and oxygen atoms in total. The molecule has 0 fully saturated rings. The number of benzene rings is 1. The topological polar surface area (TPSA) is 24.9 Å². The molecule has 1 aromatic heterocycles. The van der Waals surface area contributed by atoms with Gasteiger partial charge in [-0.1, -0.05) is 24.6 Å². The number of anilines is 1. The van der Waals surface area contributed by atoms with Crippen LogP contribution in [-0.2, 0) is 12.8 Å². The molecule has 0 amide bonds. The Labute approximate surface area is 143 Å². The maximum absolute atomic E-state index is 11.9. The Morgan fingerprint density at radius 1 is 0.875 bits per heavy atom. The van der Waals surface area contributed by atoms with Crippen LogP contribution in [-0.4, -0.2) is 10.5 Å². The first-order chi connectivity index (χ1) is 11.3. The summed E-state index contributed by atoms with van der Waals surface area (Å²) < 4.78 is 23.9. The van der Waals surface area contributed by atoms with Gasteiger partial charge in [-0.05, 0) is 70.2 Å². The monoisotopic (exact) mass is 332 g/mol. The molecule has 0 bridgehead atoms. The van der Waals surface area contributed by atoms with E-state index in [9.17, 15) is 8.78 Å². The summed E-state index contributed by atoms with van der Waals surface area (Å²) in [5.74, 6) is -0.576. The molecule has 0 saturated heterocycles. The van der Waals surface area contributed by atoms with E-state index in [0.29, 0.717) is 0 Å². The van der Waals surface area contributed by atoms with Crippen LogP contribution in [0.15, 0.2) is 36.4 Å². The molecule has 1 heterocycles. The molecule has 0 radical (unpaired) electrons. The third kappa shape index (κ3) is 5.91. The highest BCUT2D eigenvalue weighted by Crippen LogP contribution is 2.22. The van der Waals surface area contributed by atoms with Gasteiger partial charge in [0.05, 0.1) is 0 Å². The summed E-state index contributed by atoms with van der Waals surface area (Å²) in [4.78, 5) is 4.75. The van der Waals surface area contributed by atoms with Gasteiger partial charge >= 0.3 is 0 Å². The van der Waals surface area contributed by atoms with Crippen LogP contribution >= 0.6 is 0 Å². The number of hydrogen-bond donors (Lipinski definition) is 1. The highest BCUT2D eigenvalue weighted by Gasteiger charge is 2.13. The van der Waals surface area contributed by atoms with Crippen molar-refractivity contribution in [3.8, 4) is 0 Å². The van der Waals surface area contributed by atoms with Crippen LogP contribution in [0, 0.1) is 11.6 Å². The lowest BCUT2D eigenvalue weighted by molar-refractivity contribution is 0.508. The molecular weight excluding hydrogens is 306 g/mol. The van der Waals surface area contributed by atoms with Crippen molar-refractivity contribution >= 4 is 5.82 Å². The molecule has 3 rings (SSSR count). The molecule has 1 aliphatic carbocycles. The van der Waals surface area contributed by atoms with Crippen molar-refractivity contribution in [3.05, 3.63) is 59.3 Å². The van der Waals surface area contributed by atoms with Gasteiger partial charge in [0.15, 0.2) is 11.6 Å². The summed E-state index contributed by atoms with van der Waals surface area (Å²) >= 11 is 0. The minimum Gasteiger partial charge on any atom is -0.365 e. The molecule has 0 saturated carbocycles. The predicted molar refractivity (Wildman–Crippen MR) is 95.2 cm³/mol. The Hall–Kier alpha value is -1.97. The highest BCUT2D eigenvalue weighted by atomic mass is 19.2. The summed E-state index contributed by atoms with van der Waals surface area (Å²) in [6.45, 7) is 6.50. The molecule has 130 valence electrons. The average molecular weight is 332 g/mol. The SMILES string of the molecule is CC(C)(C)Nc1ccc2c(n1)CCCCC2.Fc1ccccc1F. The van der Waals surface area contributed by atoms with Crippen molar-refractivity contribution in [3.63, 3.8) is 0 Å². The fraction of sp³-hybridized carbons (Fsp3) is 0.450. The van der Waals surface area contributed by atoms with E-state index >= 15 is 0 Å². The predicted octanol–water partition coefficient (Wildman–Crippen LogP) is 5.53. The smallest absolute Gasteiger partial charge is 0.158 e. The zero-order chi connectivity index (χ0) is 17.6. The maximum atomic E-state index is 11.9. The van der Waals surface area contributed by atoms with E-state index in [-0.39, 0.29) is 5.54 Å². The number of aryl methyl sites for hydroxylation is 2. The number of aromatic nitrogens is 1. The number of pyridine rings is 1. The molecule has 1 aliphatic rings. The lowest BCUT2D eigenvalue weighted by Crippen LogP contribution is -2.26.